The number of carbonyl (C=O) groups is 1. The molecule has 0 radical (unpaired) electrons. The molecular weight excluding hydrogens is 397 g/mol. The van der Waals surface area contributed by atoms with Crippen LogP contribution in [0.4, 0.5) is 9.52 Å². The summed E-state index contributed by atoms with van der Waals surface area (Å²) in [5, 5.41) is 0.540. The first-order valence-corrected chi connectivity index (χ1v) is 10.3. The first-order chi connectivity index (χ1) is 13.7. The van der Waals surface area contributed by atoms with Crippen LogP contribution in [0.1, 0.15) is 11.3 Å². The second kappa shape index (κ2) is 8.45. The number of aromatic nitrogens is 2. The third kappa shape index (κ3) is 4.35. The number of carbonyl (C=O) groups excluding carboxylic acids is 1. The van der Waals surface area contributed by atoms with Crippen LogP contribution in [-0.4, -0.2) is 22.5 Å². The van der Waals surface area contributed by atoms with Gasteiger partial charge in [0.05, 0.1) is 35.3 Å². The molecule has 0 bridgehead atoms. The minimum absolute atomic E-state index is 0.108. The summed E-state index contributed by atoms with van der Waals surface area (Å²) >= 11 is 2.84. The number of thiazole rings is 2. The van der Waals surface area contributed by atoms with Gasteiger partial charge in [0.1, 0.15) is 11.6 Å². The number of para-hydroxylation sites is 1. The van der Waals surface area contributed by atoms with Crippen molar-refractivity contribution >= 4 is 43.9 Å². The van der Waals surface area contributed by atoms with Crippen LogP contribution in [0.3, 0.4) is 0 Å². The monoisotopic (exact) mass is 413 g/mol. The summed E-state index contributed by atoms with van der Waals surface area (Å²) in [6.45, 7) is 0.638. The Bertz CT molecular complexity index is 1070. The van der Waals surface area contributed by atoms with E-state index in [-0.39, 0.29) is 24.8 Å². The lowest BCUT2D eigenvalue weighted by Gasteiger charge is -2.19. The zero-order valence-corrected chi connectivity index (χ0v) is 16.4. The lowest BCUT2D eigenvalue weighted by Crippen LogP contribution is -2.31. The van der Waals surface area contributed by atoms with Crippen molar-refractivity contribution in [1.82, 2.24) is 9.97 Å². The van der Waals surface area contributed by atoms with Crippen molar-refractivity contribution in [3.05, 3.63) is 70.9 Å². The number of nitrogens with zero attached hydrogens (tertiary/aromatic N) is 3. The molecule has 0 aliphatic carbocycles. The van der Waals surface area contributed by atoms with Crippen LogP contribution in [0.15, 0.2) is 60.2 Å². The summed E-state index contributed by atoms with van der Waals surface area (Å²) in [6, 6.07) is 13.8. The Morgan fingerprint density at radius 2 is 2.04 bits per heavy atom. The largest absolute Gasteiger partial charge is 0.493 e. The molecule has 2 aromatic carbocycles. The molecule has 0 N–H and O–H groups in total. The molecule has 0 saturated carbocycles. The summed E-state index contributed by atoms with van der Waals surface area (Å²) in [7, 11) is 0. The molecule has 28 heavy (non-hydrogen) atoms. The normalized spacial score (nSPS) is 10.9. The third-order valence-electron chi connectivity index (χ3n) is 4.00. The fourth-order valence-electron chi connectivity index (χ4n) is 2.65. The molecule has 4 rings (SSSR count). The zero-order chi connectivity index (χ0) is 19.3. The maximum atomic E-state index is 13.5. The van der Waals surface area contributed by atoms with Gasteiger partial charge in [-0.2, -0.15) is 0 Å². The van der Waals surface area contributed by atoms with Gasteiger partial charge < -0.3 is 4.74 Å². The summed E-state index contributed by atoms with van der Waals surface area (Å²) in [6.07, 6.45) is 1.94. The highest BCUT2D eigenvalue weighted by molar-refractivity contribution is 7.22. The molecule has 2 aromatic heterocycles. The van der Waals surface area contributed by atoms with Crippen molar-refractivity contribution in [2.75, 3.05) is 11.5 Å². The number of ether oxygens (including phenoxy) is 1. The number of fused-ring (bicyclic) bond motifs is 1. The minimum atomic E-state index is -0.346. The van der Waals surface area contributed by atoms with Gasteiger partial charge in [0, 0.05) is 17.1 Å². The van der Waals surface area contributed by atoms with E-state index in [1.807, 2.05) is 30.3 Å². The zero-order valence-electron chi connectivity index (χ0n) is 14.7. The molecule has 0 unspecified atom stereocenters. The number of hydrogen-bond donors (Lipinski definition) is 0. The molecule has 8 heteroatoms. The molecule has 0 aliphatic heterocycles. The Morgan fingerprint density at radius 1 is 1.18 bits per heavy atom. The van der Waals surface area contributed by atoms with Gasteiger partial charge in [-0.3, -0.25) is 14.7 Å². The van der Waals surface area contributed by atoms with E-state index in [9.17, 15) is 9.18 Å². The van der Waals surface area contributed by atoms with Crippen molar-refractivity contribution < 1.29 is 13.9 Å². The molecule has 2 heterocycles. The van der Waals surface area contributed by atoms with Crippen molar-refractivity contribution in [2.24, 2.45) is 0 Å². The smallest absolute Gasteiger partial charge is 0.232 e. The molecule has 142 valence electrons. The van der Waals surface area contributed by atoms with Gasteiger partial charge in [0.25, 0.3) is 0 Å². The van der Waals surface area contributed by atoms with Crippen LogP contribution in [-0.2, 0) is 11.3 Å². The molecule has 0 aliphatic rings. The number of halogens is 1. The van der Waals surface area contributed by atoms with E-state index in [0.29, 0.717) is 17.2 Å². The Hall–Kier alpha value is -2.84. The van der Waals surface area contributed by atoms with Crippen LogP contribution >= 0.6 is 22.7 Å². The van der Waals surface area contributed by atoms with Gasteiger partial charge >= 0.3 is 0 Å². The van der Waals surface area contributed by atoms with Crippen LogP contribution in [0.5, 0.6) is 5.75 Å². The van der Waals surface area contributed by atoms with Crippen LogP contribution < -0.4 is 9.64 Å². The SMILES string of the molecule is O=C(CCOc1ccccc1)N(Cc1cncs1)c1nc2cc(F)ccc2s1. The molecule has 4 aromatic rings. The first-order valence-electron chi connectivity index (χ1n) is 8.61. The third-order valence-corrected chi connectivity index (χ3v) is 5.82. The fraction of sp³-hybridized carbons (Fsp3) is 0.150. The average molecular weight is 413 g/mol. The van der Waals surface area contributed by atoms with E-state index in [2.05, 4.69) is 9.97 Å². The van der Waals surface area contributed by atoms with Crippen molar-refractivity contribution in [1.29, 1.82) is 0 Å². The molecular formula is C20H16FN3O2S2. The van der Waals surface area contributed by atoms with E-state index in [1.165, 1.54) is 34.8 Å². The highest BCUT2D eigenvalue weighted by Crippen LogP contribution is 2.31. The van der Waals surface area contributed by atoms with E-state index < -0.39 is 0 Å². The lowest BCUT2D eigenvalue weighted by molar-refractivity contribution is -0.119. The maximum Gasteiger partial charge on any atom is 0.232 e. The number of benzene rings is 2. The number of amides is 1. The summed E-state index contributed by atoms with van der Waals surface area (Å²) < 4.78 is 20.0. The van der Waals surface area contributed by atoms with Crippen molar-refractivity contribution in [3.8, 4) is 5.75 Å². The Balaban J connectivity index is 1.52. The first kappa shape index (κ1) is 18.5. The Morgan fingerprint density at radius 3 is 2.82 bits per heavy atom. The Kier molecular flexibility index (Phi) is 5.59. The fourth-order valence-corrected chi connectivity index (χ4v) is 4.20. The van der Waals surface area contributed by atoms with Gasteiger partial charge in [0.15, 0.2) is 5.13 Å². The number of rotatable bonds is 7. The van der Waals surface area contributed by atoms with E-state index in [4.69, 9.17) is 4.74 Å². The topological polar surface area (TPSA) is 55.3 Å². The molecule has 0 saturated heterocycles. The van der Waals surface area contributed by atoms with E-state index in [1.54, 1.807) is 22.7 Å². The summed E-state index contributed by atoms with van der Waals surface area (Å²) in [5.41, 5.74) is 2.27. The van der Waals surface area contributed by atoms with Gasteiger partial charge in [-0.05, 0) is 24.3 Å². The van der Waals surface area contributed by atoms with E-state index in [0.717, 1.165) is 15.3 Å². The Labute approximate surface area is 169 Å². The maximum absolute atomic E-state index is 13.5. The van der Waals surface area contributed by atoms with Crippen molar-refractivity contribution in [2.45, 2.75) is 13.0 Å². The van der Waals surface area contributed by atoms with Gasteiger partial charge in [-0.1, -0.05) is 29.5 Å². The molecule has 5 nitrogen and oxygen atoms in total. The van der Waals surface area contributed by atoms with Crippen molar-refractivity contribution in [3.63, 3.8) is 0 Å². The predicted molar refractivity (Wildman–Crippen MR) is 109 cm³/mol. The quantitative estimate of drug-likeness (QED) is 0.433. The van der Waals surface area contributed by atoms with Crippen LogP contribution in [0.25, 0.3) is 10.2 Å². The van der Waals surface area contributed by atoms with Gasteiger partial charge in [-0.15, -0.1) is 11.3 Å². The second-order valence-electron chi connectivity index (χ2n) is 5.97. The molecule has 1 amide bonds. The van der Waals surface area contributed by atoms with E-state index >= 15 is 0 Å². The minimum Gasteiger partial charge on any atom is -0.493 e. The standard InChI is InChI=1S/C20H16FN3O2S2/c21-14-6-7-18-17(10-14)23-20(28-18)24(12-16-11-22-13-27-16)19(25)8-9-26-15-4-2-1-3-5-15/h1-7,10-11,13H,8-9,12H2. The van der Waals surface area contributed by atoms with Gasteiger partial charge in [-0.25, -0.2) is 9.37 Å². The predicted octanol–water partition coefficient (Wildman–Crippen LogP) is 4.89. The number of anilines is 1. The summed E-state index contributed by atoms with van der Waals surface area (Å²) in [5.74, 6) is 0.268. The molecule has 0 spiro atoms. The molecule has 0 atom stereocenters. The second-order valence-corrected chi connectivity index (χ2v) is 7.95. The average Bonchev–Trinajstić information content (AvgIpc) is 3.36. The van der Waals surface area contributed by atoms with Gasteiger partial charge in [0.2, 0.25) is 5.91 Å². The number of hydrogen-bond acceptors (Lipinski definition) is 6. The highest BCUT2D eigenvalue weighted by atomic mass is 32.1. The summed E-state index contributed by atoms with van der Waals surface area (Å²) in [4.78, 5) is 24.0. The highest BCUT2D eigenvalue weighted by Gasteiger charge is 2.21. The lowest BCUT2D eigenvalue weighted by atomic mass is 10.3. The van der Waals surface area contributed by atoms with Crippen LogP contribution in [0, 0.1) is 5.82 Å². The molecule has 0 fully saturated rings. The van der Waals surface area contributed by atoms with Crippen LogP contribution in [0.2, 0.25) is 0 Å².